The number of thiophene rings is 1. The first-order chi connectivity index (χ1) is 12.1. The van der Waals surface area contributed by atoms with Crippen LogP contribution in [0.2, 0.25) is 0 Å². The van der Waals surface area contributed by atoms with Crippen LogP contribution < -0.4 is 10.6 Å². The molecule has 25 heavy (non-hydrogen) atoms. The fourth-order valence-corrected chi connectivity index (χ4v) is 3.54. The molecule has 7 heteroatoms. The Hall–Kier alpha value is -2.51. The van der Waals surface area contributed by atoms with Crippen molar-refractivity contribution in [2.24, 2.45) is 0 Å². The second-order valence-corrected chi connectivity index (χ2v) is 7.31. The molecule has 0 bridgehead atoms. The van der Waals surface area contributed by atoms with E-state index in [9.17, 15) is 9.59 Å². The van der Waals surface area contributed by atoms with Crippen LogP contribution in [-0.2, 0) is 13.1 Å². The summed E-state index contributed by atoms with van der Waals surface area (Å²) in [5.41, 5.74) is 2.49. The van der Waals surface area contributed by atoms with E-state index in [1.54, 1.807) is 18.2 Å². The molecule has 2 amide bonds. The SMILES string of the molecule is Cc1csc(CNC(=O)c2ccc(CNC(=O)c3cccs3)cc2)n1. The number of amides is 2. The standard InChI is InChI=1S/C18H17N3O2S2/c1-12-11-25-16(21-12)10-20-17(22)14-6-4-13(5-7-14)9-19-18(23)15-3-2-8-24-15/h2-8,11H,9-10H2,1H3,(H,19,23)(H,20,22). The molecule has 0 aliphatic carbocycles. The van der Waals surface area contributed by atoms with Crippen molar-refractivity contribution in [3.63, 3.8) is 0 Å². The van der Waals surface area contributed by atoms with Gasteiger partial charge in [-0.2, -0.15) is 0 Å². The van der Waals surface area contributed by atoms with Crippen LogP contribution in [0.15, 0.2) is 47.2 Å². The fraction of sp³-hybridized carbons (Fsp3) is 0.167. The van der Waals surface area contributed by atoms with E-state index < -0.39 is 0 Å². The molecule has 0 aliphatic rings. The molecule has 0 aliphatic heterocycles. The number of carbonyl (C=O) groups excluding carboxylic acids is 2. The Morgan fingerprint density at radius 3 is 2.40 bits per heavy atom. The summed E-state index contributed by atoms with van der Waals surface area (Å²) in [6, 6.07) is 10.8. The molecule has 128 valence electrons. The largest absolute Gasteiger partial charge is 0.347 e. The van der Waals surface area contributed by atoms with Gasteiger partial charge in [0.2, 0.25) is 0 Å². The molecule has 2 N–H and O–H groups in total. The van der Waals surface area contributed by atoms with Gasteiger partial charge < -0.3 is 10.6 Å². The molecule has 0 radical (unpaired) electrons. The summed E-state index contributed by atoms with van der Waals surface area (Å²) >= 11 is 2.94. The summed E-state index contributed by atoms with van der Waals surface area (Å²) in [5.74, 6) is -0.224. The van der Waals surface area contributed by atoms with Gasteiger partial charge >= 0.3 is 0 Å². The third-order valence-electron chi connectivity index (χ3n) is 3.48. The van der Waals surface area contributed by atoms with Gasteiger partial charge in [-0.25, -0.2) is 4.98 Å². The van der Waals surface area contributed by atoms with Gasteiger partial charge in [-0.3, -0.25) is 9.59 Å². The third-order valence-corrected chi connectivity index (χ3v) is 5.32. The van der Waals surface area contributed by atoms with Crippen LogP contribution in [0.25, 0.3) is 0 Å². The second kappa shape index (κ2) is 8.04. The van der Waals surface area contributed by atoms with Crippen LogP contribution in [0.4, 0.5) is 0 Å². The molecule has 0 unspecified atom stereocenters. The average Bonchev–Trinajstić information content (AvgIpc) is 3.30. The number of aryl methyl sites for hydroxylation is 1. The van der Waals surface area contributed by atoms with E-state index in [1.165, 1.54) is 22.7 Å². The lowest BCUT2D eigenvalue weighted by Gasteiger charge is -2.06. The van der Waals surface area contributed by atoms with E-state index in [0.717, 1.165) is 16.3 Å². The highest BCUT2D eigenvalue weighted by molar-refractivity contribution is 7.12. The molecule has 0 spiro atoms. The van der Waals surface area contributed by atoms with Crippen LogP contribution >= 0.6 is 22.7 Å². The number of hydrogen-bond donors (Lipinski definition) is 2. The molecule has 1 aromatic carbocycles. The summed E-state index contributed by atoms with van der Waals surface area (Å²) in [6.45, 7) is 2.78. The van der Waals surface area contributed by atoms with E-state index in [-0.39, 0.29) is 11.8 Å². The van der Waals surface area contributed by atoms with Crippen molar-refractivity contribution in [3.05, 3.63) is 73.9 Å². The zero-order valence-corrected chi connectivity index (χ0v) is 15.2. The van der Waals surface area contributed by atoms with Crippen molar-refractivity contribution in [3.8, 4) is 0 Å². The van der Waals surface area contributed by atoms with Gasteiger partial charge in [0.25, 0.3) is 11.8 Å². The topological polar surface area (TPSA) is 71.1 Å². The van der Waals surface area contributed by atoms with Crippen molar-refractivity contribution in [2.45, 2.75) is 20.0 Å². The number of carbonyl (C=O) groups is 2. The maximum absolute atomic E-state index is 12.2. The highest BCUT2D eigenvalue weighted by Crippen LogP contribution is 2.10. The summed E-state index contributed by atoms with van der Waals surface area (Å²) in [6.07, 6.45) is 0. The second-order valence-electron chi connectivity index (χ2n) is 5.42. The van der Waals surface area contributed by atoms with Gasteiger partial charge in [-0.1, -0.05) is 18.2 Å². The predicted octanol–water partition coefficient (Wildman–Crippen LogP) is 3.37. The minimum Gasteiger partial charge on any atom is -0.347 e. The molecule has 0 saturated heterocycles. The molecule has 5 nitrogen and oxygen atoms in total. The van der Waals surface area contributed by atoms with Crippen molar-refractivity contribution >= 4 is 34.5 Å². The number of nitrogens with zero attached hydrogens (tertiary/aromatic N) is 1. The summed E-state index contributed by atoms with van der Waals surface area (Å²) in [7, 11) is 0. The van der Waals surface area contributed by atoms with Gasteiger partial charge in [0.15, 0.2) is 0 Å². The molecule has 0 fully saturated rings. The van der Waals surface area contributed by atoms with E-state index in [4.69, 9.17) is 0 Å². The molecule has 2 aromatic heterocycles. The van der Waals surface area contributed by atoms with Gasteiger partial charge in [-0.05, 0) is 36.1 Å². The summed E-state index contributed by atoms with van der Waals surface area (Å²) < 4.78 is 0. The van der Waals surface area contributed by atoms with Crippen LogP contribution in [0.3, 0.4) is 0 Å². The Kier molecular flexibility index (Phi) is 5.57. The maximum atomic E-state index is 12.2. The third kappa shape index (κ3) is 4.74. The maximum Gasteiger partial charge on any atom is 0.261 e. The molecule has 2 heterocycles. The van der Waals surface area contributed by atoms with E-state index >= 15 is 0 Å². The lowest BCUT2D eigenvalue weighted by atomic mass is 10.1. The van der Waals surface area contributed by atoms with E-state index in [2.05, 4.69) is 15.6 Å². The smallest absolute Gasteiger partial charge is 0.261 e. The lowest BCUT2D eigenvalue weighted by molar-refractivity contribution is 0.0943. The summed E-state index contributed by atoms with van der Waals surface area (Å²) in [4.78, 5) is 29.1. The molecule has 0 saturated carbocycles. The van der Waals surface area contributed by atoms with Crippen LogP contribution in [0, 0.1) is 6.92 Å². The van der Waals surface area contributed by atoms with Gasteiger partial charge in [-0.15, -0.1) is 22.7 Å². The number of hydrogen-bond acceptors (Lipinski definition) is 5. The Morgan fingerprint density at radius 2 is 1.76 bits per heavy atom. The minimum atomic E-state index is -0.137. The Bertz CT molecular complexity index is 855. The molecular weight excluding hydrogens is 354 g/mol. The fourth-order valence-electron chi connectivity index (χ4n) is 2.19. The number of benzene rings is 1. The first kappa shape index (κ1) is 17.3. The van der Waals surface area contributed by atoms with Crippen molar-refractivity contribution < 1.29 is 9.59 Å². The first-order valence-electron chi connectivity index (χ1n) is 7.71. The normalized spacial score (nSPS) is 10.4. The summed E-state index contributed by atoms with van der Waals surface area (Å²) in [5, 5.41) is 10.4. The monoisotopic (exact) mass is 371 g/mol. The molecular formula is C18H17N3O2S2. The zero-order chi connectivity index (χ0) is 17.6. The number of aromatic nitrogens is 1. The predicted molar refractivity (Wildman–Crippen MR) is 100.0 cm³/mol. The molecule has 3 rings (SSSR count). The van der Waals surface area contributed by atoms with E-state index in [0.29, 0.717) is 23.5 Å². The van der Waals surface area contributed by atoms with Gasteiger partial charge in [0.05, 0.1) is 11.4 Å². The van der Waals surface area contributed by atoms with Crippen molar-refractivity contribution in [1.82, 2.24) is 15.6 Å². The van der Waals surface area contributed by atoms with Gasteiger partial charge in [0, 0.05) is 23.2 Å². The Balaban J connectivity index is 1.51. The van der Waals surface area contributed by atoms with Crippen LogP contribution in [0.5, 0.6) is 0 Å². The zero-order valence-electron chi connectivity index (χ0n) is 13.6. The molecule has 3 aromatic rings. The molecule has 0 atom stereocenters. The lowest BCUT2D eigenvalue weighted by Crippen LogP contribution is -2.23. The Labute approximate surface area is 153 Å². The number of nitrogens with one attached hydrogen (secondary N) is 2. The van der Waals surface area contributed by atoms with E-state index in [1.807, 2.05) is 35.9 Å². The minimum absolute atomic E-state index is 0.0874. The first-order valence-corrected chi connectivity index (χ1v) is 9.47. The highest BCUT2D eigenvalue weighted by Gasteiger charge is 2.08. The van der Waals surface area contributed by atoms with Crippen molar-refractivity contribution in [1.29, 1.82) is 0 Å². The highest BCUT2D eigenvalue weighted by atomic mass is 32.1. The Morgan fingerprint density at radius 1 is 1.00 bits per heavy atom. The number of rotatable bonds is 6. The quantitative estimate of drug-likeness (QED) is 0.698. The van der Waals surface area contributed by atoms with Gasteiger partial charge in [0.1, 0.15) is 5.01 Å². The van der Waals surface area contributed by atoms with Crippen LogP contribution in [0.1, 0.15) is 36.3 Å². The average molecular weight is 371 g/mol. The van der Waals surface area contributed by atoms with Crippen molar-refractivity contribution in [2.75, 3.05) is 0 Å². The number of thiazole rings is 1. The van der Waals surface area contributed by atoms with Crippen LogP contribution in [-0.4, -0.2) is 16.8 Å².